The van der Waals surface area contributed by atoms with E-state index in [1.165, 1.54) is 11.3 Å². The Bertz CT molecular complexity index is 1710. The van der Waals surface area contributed by atoms with Gasteiger partial charge in [0.25, 0.3) is 5.91 Å². The van der Waals surface area contributed by atoms with Crippen molar-refractivity contribution >= 4 is 43.5 Å². The second kappa shape index (κ2) is 11.7. The summed E-state index contributed by atoms with van der Waals surface area (Å²) in [6, 6.07) is 19.0. The van der Waals surface area contributed by atoms with Crippen molar-refractivity contribution in [1.82, 2.24) is 19.8 Å². The van der Waals surface area contributed by atoms with E-state index < -0.39 is 0 Å². The molecule has 0 atom stereocenters. The number of nitrogens with zero attached hydrogens (tertiary/aromatic N) is 4. The molecule has 1 amide bonds. The third kappa shape index (κ3) is 5.95. The van der Waals surface area contributed by atoms with E-state index in [1.807, 2.05) is 54.6 Å². The van der Waals surface area contributed by atoms with E-state index in [2.05, 4.69) is 38.2 Å². The predicted octanol–water partition coefficient (Wildman–Crippen LogP) is 5.65. The number of anilines is 1. The number of ether oxygens (including phenoxy) is 3. The third-order valence-electron chi connectivity index (χ3n) is 7.21. The molecular weight excluding hydrogens is 538 g/mol. The second-order valence-electron chi connectivity index (χ2n) is 10.0. The standard InChI is InChI=1S/C31H31N5O4S/c1-35-11-13-36(14-12-35)19-20-5-4-6-21(15-20)30(37)34-31-33-24-8-7-22(16-29(24)41-31)40-26-9-10-32-25-18-28(39-3)27(38-2)17-23(25)26/h4-10,15-18H,11-14,19H2,1-3H3,(H,33,34,37). The molecule has 1 fully saturated rings. The van der Waals surface area contributed by atoms with Crippen molar-refractivity contribution in [2.24, 2.45) is 0 Å². The lowest BCUT2D eigenvalue weighted by Crippen LogP contribution is -2.43. The van der Waals surface area contributed by atoms with Crippen LogP contribution in [0.2, 0.25) is 0 Å². The maximum atomic E-state index is 13.1. The number of rotatable bonds is 8. The van der Waals surface area contributed by atoms with Crippen LogP contribution in [0.4, 0.5) is 5.13 Å². The van der Waals surface area contributed by atoms with Crippen LogP contribution < -0.4 is 19.5 Å². The molecule has 5 aromatic rings. The van der Waals surface area contributed by atoms with Gasteiger partial charge >= 0.3 is 0 Å². The summed E-state index contributed by atoms with van der Waals surface area (Å²) in [5.74, 6) is 2.32. The average molecular weight is 570 g/mol. The number of hydrogen-bond donors (Lipinski definition) is 1. The molecule has 0 bridgehead atoms. The molecule has 3 aromatic carbocycles. The van der Waals surface area contributed by atoms with Crippen LogP contribution in [0.3, 0.4) is 0 Å². The number of piperazine rings is 1. The number of nitrogens with one attached hydrogen (secondary N) is 1. The molecule has 1 saturated heterocycles. The minimum absolute atomic E-state index is 0.173. The summed E-state index contributed by atoms with van der Waals surface area (Å²) in [7, 11) is 5.34. The van der Waals surface area contributed by atoms with Crippen molar-refractivity contribution in [2.75, 3.05) is 52.8 Å². The minimum Gasteiger partial charge on any atom is -0.493 e. The van der Waals surface area contributed by atoms with E-state index in [0.717, 1.165) is 59.4 Å². The first-order valence-corrected chi connectivity index (χ1v) is 14.2. The maximum absolute atomic E-state index is 13.1. The van der Waals surface area contributed by atoms with E-state index in [1.54, 1.807) is 20.4 Å². The van der Waals surface area contributed by atoms with Crippen molar-refractivity contribution in [2.45, 2.75) is 6.54 Å². The summed E-state index contributed by atoms with van der Waals surface area (Å²) in [5.41, 5.74) is 3.27. The lowest BCUT2D eigenvalue weighted by atomic mass is 10.1. The Labute approximate surface area is 242 Å². The van der Waals surface area contributed by atoms with Crippen LogP contribution >= 0.6 is 11.3 Å². The maximum Gasteiger partial charge on any atom is 0.257 e. The SMILES string of the molecule is COc1cc2nccc(Oc3ccc4nc(NC(=O)c5cccc(CN6CCN(C)CC6)c5)sc4c3)c2cc1OC. The molecule has 6 rings (SSSR count). The Morgan fingerprint density at radius 3 is 2.54 bits per heavy atom. The summed E-state index contributed by atoms with van der Waals surface area (Å²) in [6.45, 7) is 5.03. The molecule has 3 heterocycles. The van der Waals surface area contributed by atoms with Gasteiger partial charge in [0.1, 0.15) is 11.5 Å². The molecule has 0 aliphatic carbocycles. The van der Waals surface area contributed by atoms with E-state index in [-0.39, 0.29) is 5.91 Å². The van der Waals surface area contributed by atoms with E-state index >= 15 is 0 Å². The molecular formula is C31H31N5O4S. The average Bonchev–Trinajstić information content (AvgIpc) is 3.39. The van der Waals surface area contributed by atoms with Gasteiger partial charge in [-0.1, -0.05) is 23.5 Å². The molecule has 2 aromatic heterocycles. The number of benzene rings is 3. The van der Waals surface area contributed by atoms with Gasteiger partial charge in [-0.05, 0) is 49.0 Å². The van der Waals surface area contributed by atoms with Gasteiger partial charge in [0.15, 0.2) is 16.6 Å². The number of aromatic nitrogens is 2. The molecule has 9 nitrogen and oxygen atoms in total. The molecule has 1 N–H and O–H groups in total. The van der Waals surface area contributed by atoms with Gasteiger partial charge in [-0.25, -0.2) is 4.98 Å². The van der Waals surface area contributed by atoms with Crippen LogP contribution in [0, 0.1) is 0 Å². The molecule has 0 spiro atoms. The van der Waals surface area contributed by atoms with Crippen molar-refractivity contribution in [3.63, 3.8) is 0 Å². The number of fused-ring (bicyclic) bond motifs is 2. The number of carbonyl (C=O) groups excluding carboxylic acids is 1. The van der Waals surface area contributed by atoms with Crippen molar-refractivity contribution in [3.8, 4) is 23.0 Å². The molecule has 1 aliphatic heterocycles. The lowest BCUT2D eigenvalue weighted by Gasteiger charge is -2.32. The number of likely N-dealkylation sites (N-methyl/N-ethyl adjacent to an activating group) is 1. The van der Waals surface area contributed by atoms with Crippen LogP contribution in [-0.4, -0.2) is 73.1 Å². The highest BCUT2D eigenvalue weighted by Gasteiger charge is 2.16. The highest BCUT2D eigenvalue weighted by atomic mass is 32.1. The van der Waals surface area contributed by atoms with Crippen LogP contribution in [0.5, 0.6) is 23.0 Å². The smallest absolute Gasteiger partial charge is 0.257 e. The highest BCUT2D eigenvalue weighted by Crippen LogP contribution is 2.38. The summed E-state index contributed by atoms with van der Waals surface area (Å²) >= 11 is 1.41. The summed E-state index contributed by atoms with van der Waals surface area (Å²) < 4.78 is 18.0. The Kier molecular flexibility index (Phi) is 7.69. The highest BCUT2D eigenvalue weighted by molar-refractivity contribution is 7.22. The molecule has 41 heavy (non-hydrogen) atoms. The molecule has 0 radical (unpaired) electrons. The molecule has 1 aliphatic rings. The van der Waals surface area contributed by atoms with Crippen LogP contribution in [0.15, 0.2) is 66.9 Å². The van der Waals surface area contributed by atoms with Gasteiger partial charge in [-0.2, -0.15) is 0 Å². The number of pyridine rings is 1. The normalized spacial score (nSPS) is 14.3. The lowest BCUT2D eigenvalue weighted by molar-refractivity contribution is 0.102. The first kappa shape index (κ1) is 26.9. The Morgan fingerprint density at radius 2 is 1.73 bits per heavy atom. The Hall–Kier alpha value is -4.25. The van der Waals surface area contributed by atoms with Crippen molar-refractivity contribution in [3.05, 3.63) is 78.0 Å². The van der Waals surface area contributed by atoms with E-state index in [0.29, 0.717) is 33.7 Å². The van der Waals surface area contributed by atoms with Gasteiger partial charge in [0, 0.05) is 62.0 Å². The second-order valence-corrected chi connectivity index (χ2v) is 11.0. The molecule has 210 valence electrons. The topological polar surface area (TPSA) is 89.0 Å². The fraction of sp³-hybridized carbons (Fsp3) is 0.258. The largest absolute Gasteiger partial charge is 0.493 e. The summed E-state index contributed by atoms with van der Waals surface area (Å²) in [6.07, 6.45) is 1.70. The van der Waals surface area contributed by atoms with E-state index in [9.17, 15) is 4.79 Å². The monoisotopic (exact) mass is 569 g/mol. The molecule has 0 unspecified atom stereocenters. The van der Waals surface area contributed by atoms with Gasteiger partial charge in [-0.15, -0.1) is 0 Å². The van der Waals surface area contributed by atoms with Crippen LogP contribution in [0.25, 0.3) is 21.1 Å². The first-order chi connectivity index (χ1) is 20.0. The first-order valence-electron chi connectivity index (χ1n) is 13.4. The fourth-order valence-electron chi connectivity index (χ4n) is 4.93. The fourth-order valence-corrected chi connectivity index (χ4v) is 5.82. The number of hydrogen-bond acceptors (Lipinski definition) is 9. The van der Waals surface area contributed by atoms with Gasteiger partial charge in [0.2, 0.25) is 0 Å². The number of carbonyl (C=O) groups is 1. The predicted molar refractivity (Wildman–Crippen MR) is 162 cm³/mol. The zero-order chi connectivity index (χ0) is 28.3. The van der Waals surface area contributed by atoms with Crippen molar-refractivity contribution < 1.29 is 19.0 Å². The van der Waals surface area contributed by atoms with Crippen LogP contribution in [-0.2, 0) is 6.54 Å². The minimum atomic E-state index is -0.173. The van der Waals surface area contributed by atoms with Crippen molar-refractivity contribution in [1.29, 1.82) is 0 Å². The van der Waals surface area contributed by atoms with Crippen LogP contribution in [0.1, 0.15) is 15.9 Å². The zero-order valence-corrected chi connectivity index (χ0v) is 24.0. The molecule has 0 saturated carbocycles. The molecule has 10 heteroatoms. The number of methoxy groups -OCH3 is 2. The third-order valence-corrected chi connectivity index (χ3v) is 8.14. The van der Waals surface area contributed by atoms with Gasteiger partial charge in [0.05, 0.1) is 30.0 Å². The Balaban J connectivity index is 1.17. The Morgan fingerprint density at radius 1 is 0.927 bits per heavy atom. The number of amides is 1. The van der Waals surface area contributed by atoms with Gasteiger partial charge < -0.3 is 19.1 Å². The van der Waals surface area contributed by atoms with Gasteiger partial charge in [-0.3, -0.25) is 20.0 Å². The number of thiazole rings is 1. The van der Waals surface area contributed by atoms with E-state index in [4.69, 9.17) is 14.2 Å². The summed E-state index contributed by atoms with van der Waals surface area (Å²) in [4.78, 5) is 26.9. The quantitative estimate of drug-likeness (QED) is 0.256. The summed E-state index contributed by atoms with van der Waals surface area (Å²) in [5, 5.41) is 4.32. The zero-order valence-electron chi connectivity index (χ0n) is 23.2.